The van der Waals surface area contributed by atoms with Crippen molar-refractivity contribution in [2.24, 2.45) is 5.92 Å². The molecule has 0 N–H and O–H groups in total. The van der Waals surface area contributed by atoms with Crippen molar-refractivity contribution in [3.8, 4) is 5.75 Å². The predicted octanol–water partition coefficient (Wildman–Crippen LogP) is 5.95. The van der Waals surface area contributed by atoms with E-state index in [0.717, 1.165) is 24.2 Å². The van der Waals surface area contributed by atoms with Crippen molar-refractivity contribution in [2.45, 2.75) is 39.5 Å². The largest absolute Gasteiger partial charge is 0.497 e. The minimum atomic E-state index is 0.280. The summed E-state index contributed by atoms with van der Waals surface area (Å²) < 4.78 is 5.24. The van der Waals surface area contributed by atoms with Gasteiger partial charge in [0.05, 0.1) is 7.11 Å². The second-order valence-corrected chi connectivity index (χ2v) is 7.26. The molecule has 2 heteroatoms. The molecule has 1 aliphatic rings. The molecule has 0 aromatic heterocycles. The summed E-state index contributed by atoms with van der Waals surface area (Å²) in [6.45, 7) is 4.34. The highest BCUT2D eigenvalue weighted by atomic mass is 16.5. The van der Waals surface area contributed by atoms with Crippen molar-refractivity contribution in [3.63, 3.8) is 0 Å². The van der Waals surface area contributed by atoms with Gasteiger partial charge in [0.15, 0.2) is 0 Å². The molecule has 0 saturated heterocycles. The number of allylic oxidation sites excluding steroid dienone is 4. The smallest absolute Gasteiger partial charge is 0.137 e. The first-order valence-electron chi connectivity index (χ1n) is 9.73. The Labute approximate surface area is 162 Å². The quantitative estimate of drug-likeness (QED) is 0.582. The molecule has 0 heterocycles. The van der Waals surface area contributed by atoms with E-state index in [1.54, 1.807) is 7.11 Å². The summed E-state index contributed by atoms with van der Waals surface area (Å²) in [4.78, 5) is 12.5. The minimum Gasteiger partial charge on any atom is -0.497 e. The number of methoxy groups -OCH3 is 1. The third-order valence-corrected chi connectivity index (χ3v) is 5.32. The minimum absolute atomic E-state index is 0.280. The monoisotopic (exact) mass is 360 g/mol. The van der Waals surface area contributed by atoms with E-state index >= 15 is 0 Å². The van der Waals surface area contributed by atoms with Crippen molar-refractivity contribution >= 4 is 11.4 Å². The van der Waals surface area contributed by atoms with E-state index in [4.69, 9.17) is 4.74 Å². The van der Waals surface area contributed by atoms with Gasteiger partial charge in [-0.15, -0.1) is 0 Å². The Morgan fingerprint density at radius 1 is 1.07 bits per heavy atom. The first kappa shape index (κ1) is 19.2. The van der Waals surface area contributed by atoms with E-state index in [0.29, 0.717) is 18.8 Å². The van der Waals surface area contributed by atoms with Crippen LogP contribution in [0.2, 0.25) is 0 Å². The molecule has 2 nitrogen and oxygen atoms in total. The maximum atomic E-state index is 12.5. The number of benzene rings is 2. The van der Waals surface area contributed by atoms with Crippen molar-refractivity contribution in [2.75, 3.05) is 7.11 Å². The summed E-state index contributed by atoms with van der Waals surface area (Å²) in [5.41, 5.74) is 6.35. The van der Waals surface area contributed by atoms with Gasteiger partial charge in [-0.3, -0.25) is 4.79 Å². The molecule has 2 aromatic rings. The van der Waals surface area contributed by atoms with Gasteiger partial charge >= 0.3 is 0 Å². The topological polar surface area (TPSA) is 26.3 Å². The Kier molecular flexibility index (Phi) is 6.28. The van der Waals surface area contributed by atoms with E-state index in [9.17, 15) is 4.79 Å². The van der Waals surface area contributed by atoms with Crippen LogP contribution in [0.15, 0.2) is 66.3 Å². The van der Waals surface area contributed by atoms with Gasteiger partial charge in [0.25, 0.3) is 0 Å². The van der Waals surface area contributed by atoms with Crippen LogP contribution in [0.25, 0.3) is 5.57 Å². The highest BCUT2D eigenvalue weighted by molar-refractivity contribution is 5.82. The fourth-order valence-corrected chi connectivity index (χ4v) is 3.79. The molecular weight excluding hydrogens is 332 g/mol. The van der Waals surface area contributed by atoms with Gasteiger partial charge in [-0.1, -0.05) is 66.6 Å². The number of hydrogen-bond donors (Lipinski definition) is 0. The van der Waals surface area contributed by atoms with E-state index in [1.165, 1.54) is 22.3 Å². The molecule has 2 aromatic carbocycles. The summed E-state index contributed by atoms with van der Waals surface area (Å²) in [5, 5.41) is 0. The molecule has 0 radical (unpaired) electrons. The number of Topliss-reactive ketones (excluding diaryl/α,β-unsaturated/α-hetero) is 1. The fraction of sp³-hybridized carbons (Fsp3) is 0.320. The van der Waals surface area contributed by atoms with Gasteiger partial charge in [-0.25, -0.2) is 0 Å². The average Bonchev–Trinajstić information content (AvgIpc) is 3.10. The van der Waals surface area contributed by atoms with Crippen LogP contribution >= 0.6 is 0 Å². The van der Waals surface area contributed by atoms with Crippen molar-refractivity contribution in [3.05, 3.63) is 82.9 Å². The zero-order chi connectivity index (χ0) is 19.2. The molecule has 140 valence electrons. The normalized spacial score (nSPS) is 16.0. The molecule has 1 atom stereocenters. The molecule has 0 aliphatic heterocycles. The number of ether oxygens (including phenoxy) is 1. The molecule has 0 saturated carbocycles. The van der Waals surface area contributed by atoms with Crippen molar-refractivity contribution in [1.82, 2.24) is 0 Å². The number of rotatable bonds is 8. The van der Waals surface area contributed by atoms with Gasteiger partial charge in [-0.05, 0) is 48.6 Å². The van der Waals surface area contributed by atoms with E-state index in [2.05, 4.69) is 50.3 Å². The third kappa shape index (κ3) is 4.77. The first-order valence-corrected chi connectivity index (χ1v) is 9.73. The van der Waals surface area contributed by atoms with Crippen LogP contribution in [0.4, 0.5) is 0 Å². The van der Waals surface area contributed by atoms with Crippen LogP contribution in [-0.4, -0.2) is 12.9 Å². The summed E-state index contributed by atoms with van der Waals surface area (Å²) in [6, 6.07) is 16.5. The highest BCUT2D eigenvalue weighted by Gasteiger charge is 2.22. The summed E-state index contributed by atoms with van der Waals surface area (Å²) in [6.07, 6.45) is 7.43. The predicted molar refractivity (Wildman–Crippen MR) is 112 cm³/mol. The standard InChI is InChI=1S/C25H28O2/c1-4-24-20(13-15-25(24)21-10-8-18(2)9-11-21)12-14-22(26)16-19-6-5-7-23(17-19)27-3/h5-11,13,15,17,24H,4,12,14,16H2,1-3H3. The number of carbonyl (C=O) groups excluding carboxylic acids is 1. The number of hydrogen-bond acceptors (Lipinski definition) is 2. The second kappa shape index (κ2) is 8.85. The van der Waals surface area contributed by atoms with Crippen LogP contribution in [0.1, 0.15) is 42.9 Å². The first-order chi connectivity index (χ1) is 13.1. The Morgan fingerprint density at radius 3 is 2.56 bits per heavy atom. The van der Waals surface area contributed by atoms with E-state index in [-0.39, 0.29) is 5.78 Å². The van der Waals surface area contributed by atoms with Crippen LogP contribution in [0.5, 0.6) is 5.75 Å². The third-order valence-electron chi connectivity index (χ3n) is 5.32. The summed E-state index contributed by atoms with van der Waals surface area (Å²) >= 11 is 0. The molecule has 0 fully saturated rings. The molecule has 0 bridgehead atoms. The maximum absolute atomic E-state index is 12.5. The van der Waals surface area contributed by atoms with E-state index in [1.807, 2.05) is 24.3 Å². The van der Waals surface area contributed by atoms with Crippen LogP contribution in [-0.2, 0) is 11.2 Å². The lowest BCUT2D eigenvalue weighted by atomic mass is 9.86. The molecule has 3 rings (SSSR count). The molecule has 0 amide bonds. The molecule has 27 heavy (non-hydrogen) atoms. The van der Waals surface area contributed by atoms with E-state index < -0.39 is 0 Å². The van der Waals surface area contributed by atoms with Gasteiger partial charge in [-0.2, -0.15) is 0 Å². The molecule has 1 aliphatic carbocycles. The number of ketones is 1. The highest BCUT2D eigenvalue weighted by Crippen LogP contribution is 2.38. The Balaban J connectivity index is 1.58. The zero-order valence-electron chi connectivity index (χ0n) is 16.5. The van der Waals surface area contributed by atoms with Crippen LogP contribution in [0, 0.1) is 12.8 Å². The van der Waals surface area contributed by atoms with Crippen LogP contribution in [0.3, 0.4) is 0 Å². The summed E-state index contributed by atoms with van der Waals surface area (Å²) in [7, 11) is 1.65. The lowest BCUT2D eigenvalue weighted by molar-refractivity contribution is -0.118. The SMILES string of the molecule is CCC1C(CCC(=O)Cc2cccc(OC)c2)=CC=C1c1ccc(C)cc1. The lowest BCUT2D eigenvalue weighted by Crippen LogP contribution is -2.07. The Morgan fingerprint density at radius 2 is 1.85 bits per heavy atom. The molecular formula is C25H28O2. The van der Waals surface area contributed by atoms with Crippen LogP contribution < -0.4 is 4.74 Å². The van der Waals surface area contributed by atoms with Crippen molar-refractivity contribution < 1.29 is 9.53 Å². The lowest BCUT2D eigenvalue weighted by Gasteiger charge is -2.18. The Bertz CT molecular complexity index is 856. The van der Waals surface area contributed by atoms with Crippen molar-refractivity contribution in [1.29, 1.82) is 0 Å². The van der Waals surface area contributed by atoms with Gasteiger partial charge in [0.1, 0.15) is 11.5 Å². The summed E-state index contributed by atoms with van der Waals surface area (Å²) in [5.74, 6) is 1.51. The molecule has 0 spiro atoms. The molecule has 1 unspecified atom stereocenters. The zero-order valence-corrected chi connectivity index (χ0v) is 16.5. The maximum Gasteiger partial charge on any atom is 0.137 e. The van der Waals surface area contributed by atoms with Gasteiger partial charge in [0, 0.05) is 18.8 Å². The average molecular weight is 360 g/mol. The van der Waals surface area contributed by atoms with Gasteiger partial charge in [0.2, 0.25) is 0 Å². The fourth-order valence-electron chi connectivity index (χ4n) is 3.79. The van der Waals surface area contributed by atoms with Gasteiger partial charge < -0.3 is 4.74 Å². The number of aryl methyl sites for hydroxylation is 1. The number of carbonyl (C=O) groups is 1. The Hall–Kier alpha value is -2.61. The second-order valence-electron chi connectivity index (χ2n) is 7.26.